The first kappa shape index (κ1) is 19.9. The number of nitrogens with zero attached hydrogens (tertiary/aromatic N) is 1. The molecule has 1 aliphatic rings. The van der Waals surface area contributed by atoms with E-state index >= 15 is 0 Å². The molecule has 2 aromatic carbocycles. The fourth-order valence-corrected chi connectivity index (χ4v) is 3.83. The van der Waals surface area contributed by atoms with E-state index in [4.69, 9.17) is 4.74 Å². The molecule has 0 N–H and O–H groups in total. The van der Waals surface area contributed by atoms with Crippen LogP contribution in [-0.2, 0) is 11.3 Å². The summed E-state index contributed by atoms with van der Waals surface area (Å²) >= 11 is 3.58. The van der Waals surface area contributed by atoms with E-state index in [9.17, 15) is 0 Å². The van der Waals surface area contributed by atoms with Crippen LogP contribution in [0.25, 0.3) is 5.76 Å². The Labute approximate surface area is 171 Å². The van der Waals surface area contributed by atoms with E-state index < -0.39 is 0 Å². The number of ether oxygens (including phenoxy) is 1. The van der Waals surface area contributed by atoms with E-state index in [0.717, 1.165) is 53.8 Å². The molecule has 1 heterocycles. The number of piperidine rings is 1. The van der Waals surface area contributed by atoms with Gasteiger partial charge in [0.05, 0.1) is 0 Å². The summed E-state index contributed by atoms with van der Waals surface area (Å²) in [4.78, 5) is 2.52. The molecule has 1 fully saturated rings. The van der Waals surface area contributed by atoms with Gasteiger partial charge in [0.2, 0.25) is 0 Å². The fraction of sp³-hybridized carbons (Fsp3) is 0.333. The molecule has 1 saturated heterocycles. The number of allylic oxidation sites excluding steroid dienone is 2. The van der Waals surface area contributed by atoms with Gasteiger partial charge in [-0.15, -0.1) is 0 Å². The number of halogens is 1. The number of rotatable bonds is 6. The molecule has 0 saturated carbocycles. The lowest BCUT2D eigenvalue weighted by Crippen LogP contribution is -2.36. The average molecular weight is 426 g/mol. The predicted molar refractivity (Wildman–Crippen MR) is 117 cm³/mol. The maximum Gasteiger partial charge on any atom is 0.127 e. The largest absolute Gasteiger partial charge is 0.490 e. The monoisotopic (exact) mass is 425 g/mol. The van der Waals surface area contributed by atoms with Gasteiger partial charge in [-0.1, -0.05) is 64.5 Å². The zero-order chi connectivity index (χ0) is 19.2. The zero-order valence-corrected chi connectivity index (χ0v) is 17.8. The summed E-state index contributed by atoms with van der Waals surface area (Å²) in [5.41, 5.74) is 4.74. The van der Waals surface area contributed by atoms with Crippen LogP contribution in [0.4, 0.5) is 0 Å². The molecule has 2 nitrogen and oxygen atoms in total. The highest BCUT2D eigenvalue weighted by atomic mass is 79.9. The first-order valence-electron chi connectivity index (χ1n) is 9.58. The summed E-state index contributed by atoms with van der Waals surface area (Å²) in [6, 6.07) is 17.0. The molecular formula is C24H28BrNO. The minimum atomic E-state index is 0.251. The third kappa shape index (κ3) is 5.82. The molecule has 0 unspecified atom stereocenters. The van der Waals surface area contributed by atoms with Crippen molar-refractivity contribution in [3.8, 4) is 0 Å². The van der Waals surface area contributed by atoms with Crippen LogP contribution in [0.3, 0.4) is 0 Å². The predicted octanol–water partition coefficient (Wildman–Crippen LogP) is 6.36. The van der Waals surface area contributed by atoms with Crippen LogP contribution in [0.1, 0.15) is 36.5 Å². The Morgan fingerprint density at radius 2 is 1.89 bits per heavy atom. The van der Waals surface area contributed by atoms with Gasteiger partial charge in [-0.2, -0.15) is 0 Å². The van der Waals surface area contributed by atoms with Crippen molar-refractivity contribution in [2.75, 3.05) is 13.1 Å². The fourth-order valence-electron chi connectivity index (χ4n) is 3.47. The molecule has 1 aliphatic heterocycles. The SMILES string of the molecule is C=C(C)/C=C(/OC1CCN(Cc2ccccc2)CC1)c1cc(Br)ccc1C. The molecule has 0 bridgehead atoms. The van der Waals surface area contributed by atoms with E-state index in [1.165, 1.54) is 11.1 Å². The summed E-state index contributed by atoms with van der Waals surface area (Å²) in [7, 11) is 0. The second-order valence-corrected chi connectivity index (χ2v) is 8.31. The van der Waals surface area contributed by atoms with E-state index in [-0.39, 0.29) is 6.10 Å². The van der Waals surface area contributed by atoms with Gasteiger partial charge in [0, 0.05) is 29.7 Å². The lowest BCUT2D eigenvalue weighted by atomic mass is 10.0. The Balaban J connectivity index is 1.64. The van der Waals surface area contributed by atoms with Gasteiger partial charge in [-0.3, -0.25) is 4.90 Å². The first-order valence-corrected chi connectivity index (χ1v) is 10.4. The van der Waals surface area contributed by atoms with Crippen molar-refractivity contribution in [2.45, 2.75) is 39.3 Å². The summed E-state index contributed by atoms with van der Waals surface area (Å²) in [6.07, 6.45) is 4.41. The highest BCUT2D eigenvalue weighted by molar-refractivity contribution is 9.10. The maximum atomic E-state index is 6.48. The number of benzene rings is 2. The van der Waals surface area contributed by atoms with Crippen molar-refractivity contribution in [3.63, 3.8) is 0 Å². The summed E-state index contributed by atoms with van der Waals surface area (Å²) in [5, 5.41) is 0. The molecule has 0 amide bonds. The van der Waals surface area contributed by atoms with Crippen LogP contribution >= 0.6 is 15.9 Å². The molecule has 27 heavy (non-hydrogen) atoms. The summed E-state index contributed by atoms with van der Waals surface area (Å²) in [6.45, 7) is 11.3. The van der Waals surface area contributed by atoms with Crippen molar-refractivity contribution in [3.05, 3.63) is 87.9 Å². The van der Waals surface area contributed by atoms with Crippen molar-refractivity contribution in [2.24, 2.45) is 0 Å². The van der Waals surface area contributed by atoms with Crippen molar-refractivity contribution in [1.29, 1.82) is 0 Å². The number of hydrogen-bond acceptors (Lipinski definition) is 2. The highest BCUT2D eigenvalue weighted by Gasteiger charge is 2.22. The van der Waals surface area contributed by atoms with E-state index in [1.54, 1.807) is 0 Å². The second-order valence-electron chi connectivity index (χ2n) is 7.39. The third-order valence-electron chi connectivity index (χ3n) is 4.92. The molecule has 0 aliphatic carbocycles. The van der Waals surface area contributed by atoms with Crippen molar-refractivity contribution >= 4 is 21.7 Å². The molecule has 0 atom stereocenters. The van der Waals surface area contributed by atoms with Crippen molar-refractivity contribution in [1.82, 2.24) is 4.90 Å². The van der Waals surface area contributed by atoms with Gasteiger partial charge < -0.3 is 4.74 Å². The van der Waals surface area contributed by atoms with Crippen LogP contribution < -0.4 is 0 Å². The lowest BCUT2D eigenvalue weighted by molar-refractivity contribution is 0.0770. The quantitative estimate of drug-likeness (QED) is 0.394. The van der Waals surface area contributed by atoms with Gasteiger partial charge in [-0.25, -0.2) is 0 Å². The van der Waals surface area contributed by atoms with Gasteiger partial charge in [0.15, 0.2) is 0 Å². The number of likely N-dealkylation sites (tertiary alicyclic amines) is 1. The molecule has 3 heteroatoms. The van der Waals surface area contributed by atoms with Crippen molar-refractivity contribution < 1.29 is 4.74 Å². The second kappa shape index (κ2) is 9.38. The van der Waals surface area contributed by atoms with Gasteiger partial charge in [0.1, 0.15) is 11.9 Å². The molecule has 142 valence electrons. The van der Waals surface area contributed by atoms with Crippen LogP contribution in [0.15, 0.2) is 71.2 Å². The van der Waals surface area contributed by atoms with Crippen LogP contribution in [0.2, 0.25) is 0 Å². The molecular weight excluding hydrogens is 398 g/mol. The Bertz CT molecular complexity index is 804. The van der Waals surface area contributed by atoms with Gasteiger partial charge >= 0.3 is 0 Å². The van der Waals surface area contributed by atoms with Crippen LogP contribution in [-0.4, -0.2) is 24.1 Å². The minimum Gasteiger partial charge on any atom is -0.490 e. The van der Waals surface area contributed by atoms with Crippen LogP contribution in [0, 0.1) is 6.92 Å². The topological polar surface area (TPSA) is 12.5 Å². The smallest absolute Gasteiger partial charge is 0.127 e. The standard InChI is InChI=1S/C24H28BrNO/c1-18(2)15-24(23-16-21(25)10-9-19(23)3)27-22-11-13-26(14-12-22)17-20-7-5-4-6-8-20/h4-10,15-16,22H,1,11-14,17H2,2-3H3/b24-15+. The Morgan fingerprint density at radius 1 is 1.19 bits per heavy atom. The lowest BCUT2D eigenvalue weighted by Gasteiger charge is -2.33. The normalized spacial score (nSPS) is 16.3. The van der Waals surface area contributed by atoms with E-state index in [2.05, 4.69) is 88.9 Å². The van der Waals surface area contributed by atoms with Crippen LogP contribution in [0.5, 0.6) is 0 Å². The average Bonchev–Trinajstić information content (AvgIpc) is 2.65. The molecule has 3 rings (SSSR count). The third-order valence-corrected chi connectivity index (χ3v) is 5.41. The molecule has 2 aromatic rings. The summed E-state index contributed by atoms with van der Waals surface area (Å²) in [5.74, 6) is 0.933. The van der Waals surface area contributed by atoms with Gasteiger partial charge in [-0.05, 0) is 56.0 Å². The Hall–Kier alpha value is -1.84. The highest BCUT2D eigenvalue weighted by Crippen LogP contribution is 2.29. The molecule has 0 aromatic heterocycles. The van der Waals surface area contributed by atoms with E-state index in [1.807, 2.05) is 6.92 Å². The minimum absolute atomic E-state index is 0.251. The summed E-state index contributed by atoms with van der Waals surface area (Å²) < 4.78 is 7.54. The first-order chi connectivity index (χ1) is 13.0. The van der Waals surface area contributed by atoms with E-state index in [0.29, 0.717) is 0 Å². The molecule has 0 spiro atoms. The Morgan fingerprint density at radius 3 is 2.56 bits per heavy atom. The maximum absolute atomic E-state index is 6.48. The van der Waals surface area contributed by atoms with Gasteiger partial charge in [0.25, 0.3) is 0 Å². The Kier molecular flexibility index (Phi) is 6.92. The zero-order valence-electron chi connectivity index (χ0n) is 16.2. The number of aryl methyl sites for hydroxylation is 1. The number of hydrogen-bond donors (Lipinski definition) is 0. The molecule has 0 radical (unpaired) electrons.